The summed E-state index contributed by atoms with van der Waals surface area (Å²) in [5, 5.41) is 13.3. The predicted molar refractivity (Wildman–Crippen MR) is 78.3 cm³/mol. The van der Waals surface area contributed by atoms with Crippen LogP contribution in [0.1, 0.15) is 59.3 Å². The van der Waals surface area contributed by atoms with Gasteiger partial charge in [0.2, 0.25) is 0 Å². The molecule has 1 saturated carbocycles. The first kappa shape index (κ1) is 15.8. The molecule has 0 aliphatic heterocycles. The van der Waals surface area contributed by atoms with Gasteiger partial charge >= 0.3 is 5.97 Å². The molecular weight excluding hydrogens is 246 g/mol. The van der Waals surface area contributed by atoms with E-state index in [9.17, 15) is 9.90 Å². The van der Waals surface area contributed by atoms with Crippen molar-refractivity contribution < 1.29 is 9.90 Å². The number of aliphatic carboxylic acids is 1. The second-order valence-corrected chi connectivity index (χ2v) is 7.23. The van der Waals surface area contributed by atoms with Gasteiger partial charge in [0.15, 0.2) is 0 Å². The summed E-state index contributed by atoms with van der Waals surface area (Å²) in [6, 6.07) is 0.200. The van der Waals surface area contributed by atoms with Crippen molar-refractivity contribution in [2.75, 3.05) is 5.75 Å². The van der Waals surface area contributed by atoms with Crippen molar-refractivity contribution in [3.63, 3.8) is 0 Å². The Labute approximate surface area is 115 Å². The van der Waals surface area contributed by atoms with Gasteiger partial charge < -0.3 is 5.11 Å². The molecule has 0 aromatic heterocycles. The second-order valence-electron chi connectivity index (χ2n) is 5.82. The Kier molecular flexibility index (Phi) is 6.50. The molecule has 3 nitrogen and oxygen atoms in total. The summed E-state index contributed by atoms with van der Waals surface area (Å²) in [7, 11) is 0. The SMILES string of the molecule is CC(C)NC(C)(CCSC1CCCCC1)C(=O)O. The monoisotopic (exact) mass is 273 g/mol. The molecule has 0 amide bonds. The molecule has 1 unspecified atom stereocenters. The van der Waals surface area contributed by atoms with Crippen LogP contribution in [-0.4, -0.2) is 33.7 Å². The molecule has 1 fully saturated rings. The lowest BCUT2D eigenvalue weighted by molar-refractivity contribution is -0.144. The highest BCUT2D eigenvalue weighted by molar-refractivity contribution is 7.99. The fraction of sp³-hybridized carbons (Fsp3) is 0.929. The second kappa shape index (κ2) is 7.39. The van der Waals surface area contributed by atoms with E-state index in [-0.39, 0.29) is 6.04 Å². The van der Waals surface area contributed by atoms with Gasteiger partial charge in [0.05, 0.1) is 0 Å². The van der Waals surface area contributed by atoms with Gasteiger partial charge in [0.1, 0.15) is 5.54 Å². The third-order valence-corrected chi connectivity index (χ3v) is 4.97. The molecule has 0 spiro atoms. The van der Waals surface area contributed by atoms with E-state index in [4.69, 9.17) is 0 Å². The van der Waals surface area contributed by atoms with Crippen molar-refractivity contribution in [3.05, 3.63) is 0 Å². The maximum atomic E-state index is 11.4. The van der Waals surface area contributed by atoms with Crippen LogP contribution in [0.25, 0.3) is 0 Å². The number of carboxylic acids is 1. The number of carbonyl (C=O) groups is 1. The Morgan fingerprint density at radius 1 is 1.39 bits per heavy atom. The quantitative estimate of drug-likeness (QED) is 0.747. The van der Waals surface area contributed by atoms with E-state index < -0.39 is 11.5 Å². The van der Waals surface area contributed by atoms with Crippen LogP contribution < -0.4 is 5.32 Å². The van der Waals surface area contributed by atoms with Crippen LogP contribution >= 0.6 is 11.8 Å². The van der Waals surface area contributed by atoms with Gasteiger partial charge in [-0.25, -0.2) is 0 Å². The van der Waals surface area contributed by atoms with Gasteiger partial charge in [-0.1, -0.05) is 19.3 Å². The molecule has 106 valence electrons. The van der Waals surface area contributed by atoms with Crippen molar-refractivity contribution in [3.8, 4) is 0 Å². The molecule has 1 atom stereocenters. The summed E-state index contributed by atoms with van der Waals surface area (Å²) in [5.74, 6) is 0.202. The molecule has 0 aromatic rings. The first-order valence-corrected chi connectivity index (χ1v) is 8.11. The van der Waals surface area contributed by atoms with Crippen LogP contribution in [0, 0.1) is 0 Å². The average molecular weight is 273 g/mol. The standard InChI is InChI=1S/C14H27NO2S/c1-11(2)15-14(3,13(16)17)9-10-18-12-7-5-4-6-8-12/h11-12,15H,4-10H2,1-3H3,(H,16,17). The van der Waals surface area contributed by atoms with Crippen molar-refractivity contribution >= 4 is 17.7 Å². The van der Waals surface area contributed by atoms with Crippen molar-refractivity contribution in [1.82, 2.24) is 5.32 Å². The van der Waals surface area contributed by atoms with Crippen molar-refractivity contribution in [2.45, 2.75) is 76.1 Å². The van der Waals surface area contributed by atoms with E-state index in [0.717, 1.165) is 11.0 Å². The summed E-state index contributed by atoms with van der Waals surface area (Å²) in [4.78, 5) is 11.4. The highest BCUT2D eigenvalue weighted by Crippen LogP contribution is 2.29. The molecular formula is C14H27NO2S. The molecule has 1 rings (SSSR count). The van der Waals surface area contributed by atoms with Gasteiger partial charge in [-0.15, -0.1) is 0 Å². The molecule has 0 aromatic carbocycles. The number of thioether (sulfide) groups is 1. The Bertz CT molecular complexity index is 265. The largest absolute Gasteiger partial charge is 0.480 e. The summed E-state index contributed by atoms with van der Waals surface area (Å²) in [5.41, 5.74) is -0.782. The van der Waals surface area contributed by atoms with Gasteiger partial charge in [0, 0.05) is 11.3 Å². The number of carboxylic acid groups (broad SMARTS) is 1. The maximum Gasteiger partial charge on any atom is 0.323 e. The minimum Gasteiger partial charge on any atom is -0.480 e. The molecule has 1 aliphatic carbocycles. The van der Waals surface area contributed by atoms with Crippen molar-refractivity contribution in [2.24, 2.45) is 0 Å². The topological polar surface area (TPSA) is 49.3 Å². The molecule has 0 heterocycles. The first-order valence-electron chi connectivity index (χ1n) is 7.07. The van der Waals surface area contributed by atoms with Crippen molar-refractivity contribution in [1.29, 1.82) is 0 Å². The molecule has 0 bridgehead atoms. The molecule has 0 radical (unpaired) electrons. The molecule has 2 N–H and O–H groups in total. The van der Waals surface area contributed by atoms with E-state index in [2.05, 4.69) is 5.32 Å². The summed E-state index contributed by atoms with van der Waals surface area (Å²) >= 11 is 1.97. The van der Waals surface area contributed by atoms with E-state index in [1.54, 1.807) is 6.92 Å². The number of hydrogen-bond acceptors (Lipinski definition) is 3. The van der Waals surface area contributed by atoms with E-state index in [1.807, 2.05) is 25.6 Å². The summed E-state index contributed by atoms with van der Waals surface area (Å²) in [6.07, 6.45) is 7.38. The lowest BCUT2D eigenvalue weighted by Crippen LogP contribution is -2.52. The van der Waals surface area contributed by atoms with Gasteiger partial charge in [-0.05, 0) is 45.8 Å². The minimum atomic E-state index is -0.782. The summed E-state index contributed by atoms with van der Waals surface area (Å²) in [6.45, 7) is 5.79. The van der Waals surface area contributed by atoms with Crippen LogP contribution in [-0.2, 0) is 4.79 Å². The number of nitrogens with one attached hydrogen (secondary N) is 1. The van der Waals surface area contributed by atoms with Gasteiger partial charge in [-0.2, -0.15) is 11.8 Å². The Balaban J connectivity index is 2.35. The zero-order chi connectivity index (χ0) is 13.6. The van der Waals surface area contributed by atoms with E-state index in [1.165, 1.54) is 32.1 Å². The zero-order valence-electron chi connectivity index (χ0n) is 11.9. The minimum absolute atomic E-state index is 0.200. The maximum absolute atomic E-state index is 11.4. The van der Waals surface area contributed by atoms with Gasteiger partial charge in [0.25, 0.3) is 0 Å². The lowest BCUT2D eigenvalue weighted by Gasteiger charge is -2.29. The molecule has 0 saturated heterocycles. The summed E-state index contributed by atoms with van der Waals surface area (Å²) < 4.78 is 0. The highest BCUT2D eigenvalue weighted by Gasteiger charge is 2.33. The van der Waals surface area contributed by atoms with Crippen LogP contribution in [0.3, 0.4) is 0 Å². The molecule has 4 heteroatoms. The lowest BCUT2D eigenvalue weighted by atomic mass is 9.98. The highest BCUT2D eigenvalue weighted by atomic mass is 32.2. The van der Waals surface area contributed by atoms with Crippen LogP contribution in [0.5, 0.6) is 0 Å². The molecule has 1 aliphatic rings. The van der Waals surface area contributed by atoms with E-state index in [0.29, 0.717) is 6.42 Å². The third-order valence-electron chi connectivity index (χ3n) is 3.59. The predicted octanol–water partition coefficient (Wildman–Crippen LogP) is 3.28. The Morgan fingerprint density at radius 3 is 2.50 bits per heavy atom. The number of rotatable bonds is 7. The fourth-order valence-electron chi connectivity index (χ4n) is 2.54. The third kappa shape index (κ3) is 5.19. The Hall–Kier alpha value is -0.220. The fourth-order valence-corrected chi connectivity index (χ4v) is 4.07. The van der Waals surface area contributed by atoms with Gasteiger partial charge in [-0.3, -0.25) is 10.1 Å². The van der Waals surface area contributed by atoms with Crippen LogP contribution in [0.4, 0.5) is 0 Å². The number of hydrogen-bond donors (Lipinski definition) is 2. The molecule has 18 heavy (non-hydrogen) atoms. The first-order chi connectivity index (χ1) is 8.44. The zero-order valence-corrected chi connectivity index (χ0v) is 12.7. The Morgan fingerprint density at radius 2 is 2.00 bits per heavy atom. The van der Waals surface area contributed by atoms with Crippen LogP contribution in [0.15, 0.2) is 0 Å². The smallest absolute Gasteiger partial charge is 0.323 e. The normalized spacial score (nSPS) is 20.9. The van der Waals surface area contributed by atoms with E-state index >= 15 is 0 Å². The van der Waals surface area contributed by atoms with Crippen LogP contribution in [0.2, 0.25) is 0 Å². The average Bonchev–Trinajstić information content (AvgIpc) is 2.29.